The Bertz CT molecular complexity index is 873. The summed E-state index contributed by atoms with van der Waals surface area (Å²) >= 11 is 0. The van der Waals surface area contributed by atoms with Gasteiger partial charge in [0.15, 0.2) is 0 Å². The van der Waals surface area contributed by atoms with E-state index < -0.39 is 43.3 Å². The predicted molar refractivity (Wildman–Crippen MR) is 93.0 cm³/mol. The Kier molecular flexibility index (Phi) is 5.21. The standard InChI is InChI=1S/C19H18F2N4O2/c20-19(21)8-16(9-22)25(13-19)17(26)10-23-18(27)15-6-7-24(12-15)11-14-4-2-1-3-5-14/h1-7,12,16H,8,10-11,13H2,(H,23,27)/t16-/m0/s1. The molecule has 0 aliphatic carbocycles. The number of nitriles is 1. The highest BCUT2D eigenvalue weighted by Crippen LogP contribution is 2.31. The normalized spacial score (nSPS) is 18.1. The summed E-state index contributed by atoms with van der Waals surface area (Å²) in [5.74, 6) is -4.25. The number of aromatic nitrogens is 1. The van der Waals surface area contributed by atoms with Gasteiger partial charge < -0.3 is 14.8 Å². The molecule has 1 atom stereocenters. The number of carbonyl (C=O) groups is 2. The van der Waals surface area contributed by atoms with Gasteiger partial charge in [0, 0.05) is 25.4 Å². The molecule has 27 heavy (non-hydrogen) atoms. The van der Waals surface area contributed by atoms with Gasteiger partial charge in [-0.1, -0.05) is 30.3 Å². The molecule has 1 N–H and O–H groups in total. The molecule has 1 fully saturated rings. The predicted octanol–water partition coefficient (Wildman–Crippen LogP) is 2.03. The third kappa shape index (κ3) is 4.50. The van der Waals surface area contributed by atoms with Crippen LogP contribution >= 0.6 is 0 Å². The van der Waals surface area contributed by atoms with Crippen molar-refractivity contribution in [3.8, 4) is 6.07 Å². The van der Waals surface area contributed by atoms with E-state index in [1.54, 1.807) is 24.5 Å². The first-order valence-electron chi connectivity index (χ1n) is 8.43. The third-order valence-electron chi connectivity index (χ3n) is 4.36. The minimum absolute atomic E-state index is 0.363. The second kappa shape index (κ2) is 7.58. The summed E-state index contributed by atoms with van der Waals surface area (Å²) in [6.45, 7) is -0.635. The molecule has 1 aromatic heterocycles. The smallest absolute Gasteiger partial charge is 0.268 e. The van der Waals surface area contributed by atoms with Gasteiger partial charge in [-0.25, -0.2) is 8.78 Å². The molecule has 1 aromatic carbocycles. The molecule has 0 spiro atoms. The second-order valence-electron chi connectivity index (χ2n) is 6.47. The number of benzene rings is 1. The first-order chi connectivity index (χ1) is 12.9. The number of rotatable bonds is 5. The van der Waals surface area contributed by atoms with Gasteiger partial charge in [0.2, 0.25) is 5.91 Å². The molecule has 0 radical (unpaired) electrons. The molecular weight excluding hydrogens is 354 g/mol. The van der Waals surface area contributed by atoms with Crippen molar-refractivity contribution < 1.29 is 18.4 Å². The van der Waals surface area contributed by atoms with Crippen LogP contribution in [-0.2, 0) is 11.3 Å². The minimum atomic E-state index is -3.07. The van der Waals surface area contributed by atoms with Gasteiger partial charge >= 0.3 is 0 Å². The van der Waals surface area contributed by atoms with Crippen LogP contribution in [0.3, 0.4) is 0 Å². The molecule has 140 valence electrons. The minimum Gasteiger partial charge on any atom is -0.349 e. The van der Waals surface area contributed by atoms with E-state index in [0.29, 0.717) is 12.1 Å². The van der Waals surface area contributed by atoms with Crippen LogP contribution in [0.15, 0.2) is 48.8 Å². The Labute approximate surface area is 155 Å². The summed E-state index contributed by atoms with van der Waals surface area (Å²) in [5.41, 5.74) is 1.44. The Morgan fingerprint density at radius 2 is 2.00 bits per heavy atom. The lowest BCUT2D eigenvalue weighted by atomic mass is 10.2. The van der Waals surface area contributed by atoms with Crippen molar-refractivity contribution in [1.82, 2.24) is 14.8 Å². The lowest BCUT2D eigenvalue weighted by Gasteiger charge is -2.19. The lowest BCUT2D eigenvalue weighted by molar-refractivity contribution is -0.131. The number of nitrogens with zero attached hydrogens (tertiary/aromatic N) is 3. The summed E-state index contributed by atoms with van der Waals surface area (Å²) in [5, 5.41) is 11.4. The molecule has 8 heteroatoms. The van der Waals surface area contributed by atoms with E-state index in [1.807, 2.05) is 34.9 Å². The van der Waals surface area contributed by atoms with Crippen LogP contribution in [0, 0.1) is 11.3 Å². The van der Waals surface area contributed by atoms with E-state index in [9.17, 15) is 18.4 Å². The van der Waals surface area contributed by atoms with E-state index in [-0.39, 0.29) is 0 Å². The number of amides is 2. The monoisotopic (exact) mass is 372 g/mol. The number of hydrogen-bond donors (Lipinski definition) is 1. The van der Waals surface area contributed by atoms with E-state index in [1.165, 1.54) is 0 Å². The number of hydrogen-bond acceptors (Lipinski definition) is 3. The fraction of sp³-hybridized carbons (Fsp3) is 0.316. The number of carbonyl (C=O) groups excluding carboxylic acids is 2. The van der Waals surface area contributed by atoms with Gasteiger partial charge in [-0.05, 0) is 11.6 Å². The fourth-order valence-electron chi connectivity index (χ4n) is 3.02. The van der Waals surface area contributed by atoms with E-state index in [2.05, 4.69) is 5.32 Å². The Balaban J connectivity index is 1.55. The highest BCUT2D eigenvalue weighted by Gasteiger charge is 2.47. The van der Waals surface area contributed by atoms with Crippen molar-refractivity contribution >= 4 is 11.8 Å². The third-order valence-corrected chi connectivity index (χ3v) is 4.36. The molecule has 0 bridgehead atoms. The first kappa shape index (κ1) is 18.6. The Morgan fingerprint density at radius 1 is 1.26 bits per heavy atom. The van der Waals surface area contributed by atoms with Crippen LogP contribution in [-0.4, -0.2) is 46.3 Å². The molecule has 0 saturated carbocycles. The van der Waals surface area contributed by atoms with Crippen molar-refractivity contribution in [3.05, 3.63) is 59.9 Å². The van der Waals surface area contributed by atoms with E-state index in [0.717, 1.165) is 10.5 Å². The molecule has 2 heterocycles. The number of alkyl halides is 2. The summed E-state index contributed by atoms with van der Waals surface area (Å²) in [6, 6.07) is 11.9. The van der Waals surface area contributed by atoms with Crippen molar-refractivity contribution in [2.24, 2.45) is 0 Å². The van der Waals surface area contributed by atoms with Crippen molar-refractivity contribution in [3.63, 3.8) is 0 Å². The van der Waals surface area contributed by atoms with Crippen LogP contribution in [0.1, 0.15) is 22.3 Å². The first-order valence-corrected chi connectivity index (χ1v) is 8.43. The molecule has 2 amide bonds. The van der Waals surface area contributed by atoms with Crippen LogP contribution < -0.4 is 5.32 Å². The quantitative estimate of drug-likeness (QED) is 0.872. The van der Waals surface area contributed by atoms with Gasteiger partial charge in [0.25, 0.3) is 11.8 Å². The lowest BCUT2D eigenvalue weighted by Crippen LogP contribution is -2.42. The van der Waals surface area contributed by atoms with E-state index >= 15 is 0 Å². The zero-order valence-electron chi connectivity index (χ0n) is 14.4. The molecule has 1 aliphatic heterocycles. The molecule has 2 aromatic rings. The topological polar surface area (TPSA) is 78.1 Å². The molecule has 0 unspecified atom stereocenters. The summed E-state index contributed by atoms with van der Waals surface area (Å²) in [4.78, 5) is 25.1. The van der Waals surface area contributed by atoms with Gasteiger partial charge in [0.05, 0.1) is 24.7 Å². The maximum Gasteiger partial charge on any atom is 0.268 e. The average molecular weight is 372 g/mol. The maximum absolute atomic E-state index is 13.4. The molecule has 6 nitrogen and oxygen atoms in total. The molecule has 1 saturated heterocycles. The van der Waals surface area contributed by atoms with Crippen molar-refractivity contribution in [1.29, 1.82) is 5.26 Å². The second-order valence-corrected chi connectivity index (χ2v) is 6.47. The Hall–Kier alpha value is -3.21. The highest BCUT2D eigenvalue weighted by molar-refractivity contribution is 5.96. The van der Waals surface area contributed by atoms with Crippen LogP contribution in [0.2, 0.25) is 0 Å². The zero-order valence-corrected chi connectivity index (χ0v) is 14.4. The van der Waals surface area contributed by atoms with Gasteiger partial charge in [-0.3, -0.25) is 9.59 Å². The average Bonchev–Trinajstić information content (AvgIpc) is 3.24. The van der Waals surface area contributed by atoms with Crippen molar-refractivity contribution in [2.45, 2.75) is 24.9 Å². The maximum atomic E-state index is 13.4. The van der Waals surface area contributed by atoms with Crippen LogP contribution in [0.5, 0.6) is 0 Å². The fourth-order valence-corrected chi connectivity index (χ4v) is 3.02. The summed E-state index contributed by atoms with van der Waals surface area (Å²) in [7, 11) is 0. The molecule has 1 aliphatic rings. The zero-order chi connectivity index (χ0) is 19.4. The van der Waals surface area contributed by atoms with Crippen molar-refractivity contribution in [2.75, 3.05) is 13.1 Å². The number of halogens is 2. The highest BCUT2D eigenvalue weighted by atomic mass is 19.3. The summed E-state index contributed by atoms with van der Waals surface area (Å²) < 4.78 is 28.6. The van der Waals surface area contributed by atoms with Gasteiger partial charge in [-0.15, -0.1) is 0 Å². The number of nitrogens with one attached hydrogen (secondary N) is 1. The SMILES string of the molecule is N#C[C@@H]1CC(F)(F)CN1C(=O)CNC(=O)c1ccn(Cc2ccccc2)c1. The van der Waals surface area contributed by atoms with Crippen LogP contribution in [0.25, 0.3) is 0 Å². The largest absolute Gasteiger partial charge is 0.349 e. The van der Waals surface area contributed by atoms with Gasteiger partial charge in [-0.2, -0.15) is 5.26 Å². The summed E-state index contributed by atoms with van der Waals surface area (Å²) in [6.07, 6.45) is 2.72. The molecular formula is C19H18F2N4O2. The Morgan fingerprint density at radius 3 is 2.70 bits per heavy atom. The molecule has 3 rings (SSSR count). The van der Waals surface area contributed by atoms with Gasteiger partial charge in [0.1, 0.15) is 6.04 Å². The van der Waals surface area contributed by atoms with Crippen LogP contribution in [0.4, 0.5) is 8.78 Å². The van der Waals surface area contributed by atoms with E-state index in [4.69, 9.17) is 5.26 Å². The number of likely N-dealkylation sites (tertiary alicyclic amines) is 1.